The topological polar surface area (TPSA) is 121 Å². The highest BCUT2D eigenvalue weighted by atomic mass is 16.4. The van der Waals surface area contributed by atoms with Crippen LogP contribution < -0.4 is 5.32 Å². The first-order valence-electron chi connectivity index (χ1n) is 4.55. The van der Waals surface area contributed by atoms with Crippen LogP contribution >= 0.6 is 0 Å². The van der Waals surface area contributed by atoms with Gasteiger partial charge < -0.3 is 10.4 Å². The number of tetrazole rings is 1. The molecule has 17 heavy (non-hydrogen) atoms. The largest absolute Gasteiger partial charge is 0.478 e. The van der Waals surface area contributed by atoms with Gasteiger partial charge in [-0.3, -0.25) is 4.79 Å². The molecule has 0 bridgehead atoms. The molecule has 0 saturated heterocycles. The number of benzene rings is 1. The van der Waals surface area contributed by atoms with E-state index >= 15 is 0 Å². The molecule has 1 amide bonds. The third-order valence-corrected chi connectivity index (χ3v) is 1.94. The Morgan fingerprint density at radius 1 is 1.24 bits per heavy atom. The maximum absolute atomic E-state index is 11.5. The lowest BCUT2D eigenvalue weighted by atomic mass is 10.2. The molecule has 0 aliphatic heterocycles. The summed E-state index contributed by atoms with van der Waals surface area (Å²) in [5.74, 6) is -1.64. The number of carboxylic acids is 1. The number of rotatable bonds is 3. The number of amides is 1. The molecule has 2 rings (SSSR count). The summed E-state index contributed by atoms with van der Waals surface area (Å²) in [7, 11) is 0. The standard InChI is InChI=1S/C9H7N5O3/c15-8(7-11-13-14-12-7)10-6-3-1-5(2-4-6)9(16)17/h1-4H,(H,10,15)(H,16,17)(H,11,12,13,14). The lowest BCUT2D eigenvalue weighted by molar-refractivity contribution is 0.0696. The zero-order valence-electron chi connectivity index (χ0n) is 8.41. The highest BCUT2D eigenvalue weighted by molar-refractivity contribution is 6.01. The molecule has 0 fully saturated rings. The Morgan fingerprint density at radius 2 is 1.94 bits per heavy atom. The number of anilines is 1. The molecule has 8 heteroatoms. The molecule has 0 unspecified atom stereocenters. The van der Waals surface area contributed by atoms with Gasteiger partial charge in [-0.1, -0.05) is 0 Å². The Kier molecular flexibility index (Phi) is 2.77. The number of H-pyrrole nitrogens is 1. The number of nitrogens with one attached hydrogen (secondary N) is 2. The Bertz CT molecular complexity index is 534. The van der Waals surface area contributed by atoms with E-state index in [1.54, 1.807) is 0 Å². The third kappa shape index (κ3) is 2.43. The van der Waals surface area contributed by atoms with E-state index in [0.717, 1.165) is 0 Å². The summed E-state index contributed by atoms with van der Waals surface area (Å²) in [6, 6.07) is 5.71. The van der Waals surface area contributed by atoms with E-state index in [0.29, 0.717) is 5.69 Å². The van der Waals surface area contributed by atoms with Crippen LogP contribution in [-0.4, -0.2) is 37.6 Å². The number of aromatic amines is 1. The van der Waals surface area contributed by atoms with Crippen molar-refractivity contribution in [2.45, 2.75) is 0 Å². The second kappa shape index (κ2) is 4.39. The van der Waals surface area contributed by atoms with Crippen molar-refractivity contribution >= 4 is 17.6 Å². The molecule has 1 aromatic heterocycles. The lowest BCUT2D eigenvalue weighted by Gasteiger charge is -2.02. The van der Waals surface area contributed by atoms with E-state index < -0.39 is 11.9 Å². The summed E-state index contributed by atoms with van der Waals surface area (Å²) in [5.41, 5.74) is 0.590. The lowest BCUT2D eigenvalue weighted by Crippen LogP contribution is -2.13. The number of aromatic carboxylic acids is 1. The average Bonchev–Trinajstić information content (AvgIpc) is 2.83. The van der Waals surface area contributed by atoms with Crippen molar-refractivity contribution in [3.8, 4) is 0 Å². The molecular weight excluding hydrogens is 226 g/mol. The van der Waals surface area contributed by atoms with E-state index in [9.17, 15) is 9.59 Å². The molecule has 0 spiro atoms. The number of nitrogens with zero attached hydrogens (tertiary/aromatic N) is 3. The molecule has 86 valence electrons. The quantitative estimate of drug-likeness (QED) is 0.693. The molecule has 0 radical (unpaired) electrons. The molecule has 0 aliphatic carbocycles. The van der Waals surface area contributed by atoms with Gasteiger partial charge in [0.15, 0.2) is 0 Å². The predicted molar refractivity (Wildman–Crippen MR) is 55.5 cm³/mol. The van der Waals surface area contributed by atoms with Crippen molar-refractivity contribution in [3.05, 3.63) is 35.7 Å². The van der Waals surface area contributed by atoms with Gasteiger partial charge in [0.05, 0.1) is 5.56 Å². The molecule has 0 saturated carbocycles. The number of hydrogen-bond acceptors (Lipinski definition) is 5. The minimum absolute atomic E-state index is 0.0905. The van der Waals surface area contributed by atoms with Gasteiger partial charge in [-0.25, -0.2) is 4.79 Å². The monoisotopic (exact) mass is 233 g/mol. The molecule has 2 aromatic rings. The zero-order valence-corrected chi connectivity index (χ0v) is 8.41. The third-order valence-electron chi connectivity index (χ3n) is 1.94. The van der Waals surface area contributed by atoms with E-state index in [4.69, 9.17) is 5.11 Å². The predicted octanol–water partition coefficient (Wildman–Crippen LogP) is 0.150. The first-order valence-corrected chi connectivity index (χ1v) is 4.55. The van der Waals surface area contributed by atoms with Crippen LogP contribution in [0.5, 0.6) is 0 Å². The summed E-state index contributed by atoms with van der Waals surface area (Å²) in [4.78, 5) is 22.1. The minimum Gasteiger partial charge on any atom is -0.478 e. The smallest absolute Gasteiger partial charge is 0.335 e. The maximum Gasteiger partial charge on any atom is 0.335 e. The molecule has 3 N–H and O–H groups in total. The van der Waals surface area contributed by atoms with Crippen LogP contribution in [0.3, 0.4) is 0 Å². The second-order valence-corrected chi connectivity index (χ2v) is 3.07. The van der Waals surface area contributed by atoms with Crippen molar-refractivity contribution in [1.29, 1.82) is 0 Å². The molecule has 1 heterocycles. The van der Waals surface area contributed by atoms with Crippen LogP contribution in [-0.2, 0) is 0 Å². The van der Waals surface area contributed by atoms with Gasteiger partial charge in [0, 0.05) is 5.69 Å². The molecule has 0 atom stereocenters. The number of hydrogen-bond donors (Lipinski definition) is 3. The first kappa shape index (κ1) is 10.7. The van der Waals surface area contributed by atoms with Gasteiger partial charge in [0.25, 0.3) is 11.7 Å². The van der Waals surface area contributed by atoms with Crippen molar-refractivity contribution in [3.63, 3.8) is 0 Å². The van der Waals surface area contributed by atoms with Crippen LogP contribution in [0.4, 0.5) is 5.69 Å². The van der Waals surface area contributed by atoms with E-state index in [2.05, 4.69) is 25.9 Å². The van der Waals surface area contributed by atoms with Crippen molar-refractivity contribution < 1.29 is 14.7 Å². The normalized spacial score (nSPS) is 9.88. The SMILES string of the molecule is O=C(O)c1ccc(NC(=O)c2nn[nH]n2)cc1. The van der Waals surface area contributed by atoms with Crippen LogP contribution in [0.25, 0.3) is 0 Å². The number of carbonyl (C=O) groups excluding carboxylic acids is 1. The van der Waals surface area contributed by atoms with Gasteiger partial charge >= 0.3 is 5.97 Å². The fourth-order valence-electron chi connectivity index (χ4n) is 1.14. The Labute approximate surface area is 94.7 Å². The highest BCUT2D eigenvalue weighted by Gasteiger charge is 2.11. The summed E-state index contributed by atoms with van der Waals surface area (Å²) >= 11 is 0. The van der Waals surface area contributed by atoms with E-state index in [-0.39, 0.29) is 11.4 Å². The minimum atomic E-state index is -1.03. The summed E-state index contributed by atoms with van der Waals surface area (Å²) in [6.45, 7) is 0. The van der Waals surface area contributed by atoms with Gasteiger partial charge in [-0.15, -0.1) is 10.2 Å². The van der Waals surface area contributed by atoms with Crippen LogP contribution in [0.1, 0.15) is 21.0 Å². The second-order valence-electron chi connectivity index (χ2n) is 3.07. The maximum atomic E-state index is 11.5. The Hall–Kier alpha value is -2.77. The Morgan fingerprint density at radius 3 is 2.47 bits per heavy atom. The number of carbonyl (C=O) groups is 2. The van der Waals surface area contributed by atoms with E-state index in [1.165, 1.54) is 24.3 Å². The van der Waals surface area contributed by atoms with Crippen LogP contribution in [0, 0.1) is 0 Å². The number of carboxylic acid groups (broad SMARTS) is 1. The van der Waals surface area contributed by atoms with Crippen LogP contribution in [0.2, 0.25) is 0 Å². The number of aromatic nitrogens is 4. The van der Waals surface area contributed by atoms with Gasteiger partial charge in [0.1, 0.15) is 0 Å². The Balaban J connectivity index is 2.09. The van der Waals surface area contributed by atoms with Crippen molar-refractivity contribution in [1.82, 2.24) is 20.6 Å². The first-order chi connectivity index (χ1) is 8.16. The van der Waals surface area contributed by atoms with Crippen molar-refractivity contribution in [2.24, 2.45) is 0 Å². The fraction of sp³-hybridized carbons (Fsp3) is 0. The fourth-order valence-corrected chi connectivity index (χ4v) is 1.14. The summed E-state index contributed by atoms with van der Waals surface area (Å²) in [5, 5.41) is 23.6. The van der Waals surface area contributed by atoms with Crippen molar-refractivity contribution in [2.75, 3.05) is 5.32 Å². The van der Waals surface area contributed by atoms with E-state index in [1.807, 2.05) is 0 Å². The zero-order chi connectivity index (χ0) is 12.3. The molecule has 8 nitrogen and oxygen atoms in total. The summed E-state index contributed by atoms with van der Waals surface area (Å²) in [6.07, 6.45) is 0. The van der Waals surface area contributed by atoms with Gasteiger partial charge in [-0.2, -0.15) is 5.21 Å². The van der Waals surface area contributed by atoms with Crippen LogP contribution in [0.15, 0.2) is 24.3 Å². The highest BCUT2D eigenvalue weighted by Crippen LogP contribution is 2.10. The van der Waals surface area contributed by atoms with Gasteiger partial charge in [0.2, 0.25) is 0 Å². The molecule has 1 aromatic carbocycles. The van der Waals surface area contributed by atoms with Gasteiger partial charge in [-0.05, 0) is 29.5 Å². The summed E-state index contributed by atoms with van der Waals surface area (Å²) < 4.78 is 0. The molecule has 0 aliphatic rings. The molecular formula is C9H7N5O3. The average molecular weight is 233 g/mol.